The minimum atomic E-state index is 0.860. The molecular formula is C10H13NS. The Kier molecular flexibility index (Phi) is 2.09. The summed E-state index contributed by atoms with van der Waals surface area (Å²) in [6.07, 6.45) is 4.71. The molecule has 0 N–H and O–H groups in total. The van der Waals surface area contributed by atoms with Gasteiger partial charge in [0.15, 0.2) is 0 Å². The molecule has 0 spiro atoms. The molecule has 1 aliphatic carbocycles. The highest BCUT2D eigenvalue weighted by atomic mass is 32.2. The SMILES string of the molecule is Cc1cnc(SC2CC2)c(C)c1. The van der Waals surface area contributed by atoms with Gasteiger partial charge in [0, 0.05) is 11.4 Å². The van der Waals surface area contributed by atoms with E-state index in [1.54, 1.807) is 0 Å². The maximum atomic E-state index is 4.42. The summed E-state index contributed by atoms with van der Waals surface area (Å²) < 4.78 is 0. The second-order valence-corrected chi connectivity index (χ2v) is 4.74. The quantitative estimate of drug-likeness (QED) is 0.692. The number of thioether (sulfide) groups is 1. The van der Waals surface area contributed by atoms with Gasteiger partial charge in [-0.2, -0.15) is 0 Å². The van der Waals surface area contributed by atoms with Crippen molar-refractivity contribution in [1.82, 2.24) is 4.98 Å². The number of pyridine rings is 1. The van der Waals surface area contributed by atoms with Crippen molar-refractivity contribution in [1.29, 1.82) is 0 Å². The molecule has 0 aromatic carbocycles. The number of aromatic nitrogens is 1. The predicted molar refractivity (Wildman–Crippen MR) is 52.6 cm³/mol. The van der Waals surface area contributed by atoms with Crippen molar-refractivity contribution < 1.29 is 0 Å². The molecule has 0 amide bonds. The van der Waals surface area contributed by atoms with Gasteiger partial charge in [-0.05, 0) is 37.8 Å². The number of rotatable bonds is 2. The molecule has 1 aliphatic rings. The van der Waals surface area contributed by atoms with Crippen molar-refractivity contribution in [3.8, 4) is 0 Å². The monoisotopic (exact) mass is 179 g/mol. The van der Waals surface area contributed by atoms with Crippen LogP contribution in [0, 0.1) is 13.8 Å². The lowest BCUT2D eigenvalue weighted by atomic mass is 10.2. The van der Waals surface area contributed by atoms with Crippen LogP contribution < -0.4 is 0 Å². The third-order valence-electron chi connectivity index (χ3n) is 1.97. The Morgan fingerprint density at radius 2 is 2.17 bits per heavy atom. The second kappa shape index (κ2) is 3.09. The molecule has 64 valence electrons. The Balaban J connectivity index is 2.18. The van der Waals surface area contributed by atoms with Crippen LogP contribution in [0.2, 0.25) is 0 Å². The van der Waals surface area contributed by atoms with E-state index >= 15 is 0 Å². The molecule has 0 bridgehead atoms. The standard InChI is InChI=1S/C10H13NS/c1-7-5-8(2)10(11-6-7)12-9-3-4-9/h5-6,9H,3-4H2,1-2H3. The average molecular weight is 179 g/mol. The maximum absolute atomic E-state index is 4.42. The van der Waals surface area contributed by atoms with Gasteiger partial charge in [0.1, 0.15) is 0 Å². The smallest absolute Gasteiger partial charge is 0.0991 e. The highest BCUT2D eigenvalue weighted by Crippen LogP contribution is 2.39. The van der Waals surface area contributed by atoms with Gasteiger partial charge in [0.2, 0.25) is 0 Å². The molecule has 1 saturated carbocycles. The molecule has 2 rings (SSSR count). The largest absolute Gasteiger partial charge is 0.249 e. The van der Waals surface area contributed by atoms with Crippen LogP contribution in [0.3, 0.4) is 0 Å². The number of nitrogens with zero attached hydrogens (tertiary/aromatic N) is 1. The first-order valence-electron chi connectivity index (χ1n) is 4.35. The van der Waals surface area contributed by atoms with Crippen molar-refractivity contribution in [2.45, 2.75) is 37.0 Å². The van der Waals surface area contributed by atoms with Crippen molar-refractivity contribution >= 4 is 11.8 Å². The maximum Gasteiger partial charge on any atom is 0.0991 e. The highest BCUT2D eigenvalue weighted by Gasteiger charge is 2.23. The Morgan fingerprint density at radius 1 is 1.42 bits per heavy atom. The summed E-state index contributed by atoms with van der Waals surface area (Å²) in [6, 6.07) is 2.21. The first kappa shape index (κ1) is 8.11. The van der Waals surface area contributed by atoms with Crippen LogP contribution in [0.25, 0.3) is 0 Å². The van der Waals surface area contributed by atoms with Gasteiger partial charge >= 0.3 is 0 Å². The fourth-order valence-corrected chi connectivity index (χ4v) is 2.22. The van der Waals surface area contributed by atoms with Gasteiger partial charge in [-0.15, -0.1) is 11.8 Å². The minimum absolute atomic E-state index is 0.860. The van der Waals surface area contributed by atoms with Crippen LogP contribution in [-0.4, -0.2) is 10.2 Å². The lowest BCUT2D eigenvalue weighted by molar-refractivity contribution is 1.06. The topological polar surface area (TPSA) is 12.9 Å². The molecule has 1 fully saturated rings. The summed E-state index contributed by atoms with van der Waals surface area (Å²) in [7, 11) is 0. The zero-order chi connectivity index (χ0) is 8.55. The molecule has 1 heterocycles. The first-order chi connectivity index (χ1) is 5.75. The van der Waals surface area contributed by atoms with E-state index in [1.165, 1.54) is 29.0 Å². The fourth-order valence-electron chi connectivity index (χ4n) is 1.17. The summed E-state index contributed by atoms with van der Waals surface area (Å²) >= 11 is 1.93. The van der Waals surface area contributed by atoms with E-state index in [0.29, 0.717) is 0 Å². The van der Waals surface area contributed by atoms with Crippen LogP contribution in [0.5, 0.6) is 0 Å². The van der Waals surface area contributed by atoms with E-state index in [1.807, 2.05) is 18.0 Å². The Labute approximate surface area is 77.6 Å². The fraction of sp³-hybridized carbons (Fsp3) is 0.500. The van der Waals surface area contributed by atoms with E-state index in [0.717, 1.165) is 5.25 Å². The summed E-state index contributed by atoms with van der Waals surface area (Å²) in [6.45, 7) is 4.23. The average Bonchev–Trinajstić information content (AvgIpc) is 2.79. The van der Waals surface area contributed by atoms with Crippen LogP contribution in [0.15, 0.2) is 17.3 Å². The van der Waals surface area contributed by atoms with Crippen LogP contribution in [0.1, 0.15) is 24.0 Å². The van der Waals surface area contributed by atoms with Crippen molar-refractivity contribution in [3.05, 3.63) is 23.4 Å². The first-order valence-corrected chi connectivity index (χ1v) is 5.23. The Morgan fingerprint density at radius 3 is 2.75 bits per heavy atom. The normalized spacial score (nSPS) is 16.5. The second-order valence-electron chi connectivity index (χ2n) is 3.45. The zero-order valence-corrected chi connectivity index (χ0v) is 8.32. The van der Waals surface area contributed by atoms with Gasteiger partial charge in [0.05, 0.1) is 5.03 Å². The summed E-state index contributed by atoms with van der Waals surface area (Å²) in [5, 5.41) is 2.09. The molecule has 1 aromatic heterocycles. The van der Waals surface area contributed by atoms with E-state index in [4.69, 9.17) is 0 Å². The number of aryl methyl sites for hydroxylation is 2. The van der Waals surface area contributed by atoms with Crippen LogP contribution in [-0.2, 0) is 0 Å². The molecule has 0 atom stereocenters. The third kappa shape index (κ3) is 1.81. The summed E-state index contributed by atoms with van der Waals surface area (Å²) in [4.78, 5) is 4.42. The molecule has 2 heteroatoms. The van der Waals surface area contributed by atoms with Gasteiger partial charge < -0.3 is 0 Å². The van der Waals surface area contributed by atoms with Crippen LogP contribution in [0.4, 0.5) is 0 Å². The number of hydrogen-bond donors (Lipinski definition) is 0. The van der Waals surface area contributed by atoms with E-state index in [2.05, 4.69) is 24.9 Å². The van der Waals surface area contributed by atoms with Gasteiger partial charge in [0.25, 0.3) is 0 Å². The lowest BCUT2D eigenvalue weighted by Crippen LogP contribution is -1.87. The molecule has 0 radical (unpaired) electrons. The van der Waals surface area contributed by atoms with Crippen molar-refractivity contribution in [2.75, 3.05) is 0 Å². The minimum Gasteiger partial charge on any atom is -0.249 e. The molecular weight excluding hydrogens is 166 g/mol. The van der Waals surface area contributed by atoms with E-state index < -0.39 is 0 Å². The molecule has 0 aliphatic heterocycles. The van der Waals surface area contributed by atoms with Gasteiger partial charge in [-0.3, -0.25) is 0 Å². The summed E-state index contributed by atoms with van der Waals surface area (Å²) in [5.74, 6) is 0. The number of hydrogen-bond acceptors (Lipinski definition) is 2. The third-order valence-corrected chi connectivity index (χ3v) is 3.43. The molecule has 0 saturated heterocycles. The van der Waals surface area contributed by atoms with E-state index in [-0.39, 0.29) is 0 Å². The molecule has 1 nitrogen and oxygen atoms in total. The Hall–Kier alpha value is -0.500. The lowest BCUT2D eigenvalue weighted by Gasteiger charge is -2.03. The molecule has 0 unspecified atom stereocenters. The molecule has 1 aromatic rings. The van der Waals surface area contributed by atoms with Crippen LogP contribution >= 0.6 is 11.8 Å². The van der Waals surface area contributed by atoms with Crippen molar-refractivity contribution in [3.63, 3.8) is 0 Å². The molecule has 12 heavy (non-hydrogen) atoms. The zero-order valence-electron chi connectivity index (χ0n) is 7.50. The highest BCUT2D eigenvalue weighted by molar-refractivity contribution is 8.00. The van der Waals surface area contributed by atoms with Crippen molar-refractivity contribution in [2.24, 2.45) is 0 Å². The Bertz CT molecular complexity index is 292. The van der Waals surface area contributed by atoms with Gasteiger partial charge in [-0.25, -0.2) is 4.98 Å². The summed E-state index contributed by atoms with van der Waals surface area (Å²) in [5.41, 5.74) is 2.58. The predicted octanol–water partition coefficient (Wildman–Crippen LogP) is 2.95. The van der Waals surface area contributed by atoms with Gasteiger partial charge in [-0.1, -0.05) is 6.07 Å². The van der Waals surface area contributed by atoms with E-state index in [9.17, 15) is 0 Å².